The van der Waals surface area contributed by atoms with E-state index in [0.29, 0.717) is 22.4 Å². The molecule has 220 valence electrons. The van der Waals surface area contributed by atoms with Crippen molar-refractivity contribution < 1.29 is 23.4 Å². The monoisotopic (exact) mass is 592 g/mol. The number of hydrogen-bond acceptors (Lipinski definition) is 7. The molecule has 4 heterocycles. The Hall–Kier alpha value is -3.53. The molecule has 2 aliphatic rings. The molecule has 4 aromatic rings. The maximum atomic E-state index is 14.1. The van der Waals surface area contributed by atoms with Gasteiger partial charge in [-0.25, -0.2) is 14.4 Å². The number of fused-ring (bicyclic) bond motifs is 1. The second-order valence-corrected chi connectivity index (χ2v) is 11.4. The average molecular weight is 593 g/mol. The Kier molecular flexibility index (Phi) is 8.69. The van der Waals surface area contributed by atoms with Gasteiger partial charge in [0.2, 0.25) is 5.88 Å². The van der Waals surface area contributed by atoms with Gasteiger partial charge in [0, 0.05) is 34.9 Å². The van der Waals surface area contributed by atoms with Crippen LogP contribution < -0.4 is 4.74 Å². The molecule has 2 aromatic carbocycles. The maximum Gasteiger partial charge on any atom is 0.309 e. The number of halogens is 2. The van der Waals surface area contributed by atoms with Gasteiger partial charge in [-0.1, -0.05) is 29.8 Å². The third-order valence-electron chi connectivity index (χ3n) is 8.15. The van der Waals surface area contributed by atoms with E-state index in [-0.39, 0.29) is 30.9 Å². The number of benzene rings is 2. The molecule has 8 nitrogen and oxygen atoms in total. The van der Waals surface area contributed by atoms with Crippen LogP contribution in [0, 0.1) is 5.82 Å². The van der Waals surface area contributed by atoms with E-state index in [1.165, 1.54) is 13.2 Å². The van der Waals surface area contributed by atoms with Crippen molar-refractivity contribution in [2.75, 3.05) is 26.8 Å². The number of hydrogen-bond donors (Lipinski definition) is 0. The predicted molar refractivity (Wildman–Crippen MR) is 157 cm³/mol. The average Bonchev–Trinajstić information content (AvgIpc) is 3.30. The lowest BCUT2D eigenvalue weighted by molar-refractivity contribution is -0.139. The van der Waals surface area contributed by atoms with Gasteiger partial charge >= 0.3 is 5.97 Å². The number of carbonyl (C=O) groups is 1. The van der Waals surface area contributed by atoms with Crippen molar-refractivity contribution in [3.05, 3.63) is 88.1 Å². The Morgan fingerprint density at radius 2 is 1.93 bits per heavy atom. The van der Waals surface area contributed by atoms with Gasteiger partial charge in [0.1, 0.15) is 18.2 Å². The van der Waals surface area contributed by atoms with Crippen molar-refractivity contribution in [3.8, 4) is 5.88 Å². The Balaban J connectivity index is 1.10. The number of ether oxygens (including phenoxy) is 3. The van der Waals surface area contributed by atoms with Gasteiger partial charge in [0.15, 0.2) is 0 Å². The summed E-state index contributed by atoms with van der Waals surface area (Å²) in [6.45, 7) is 4.25. The molecular formula is C32H34ClFN4O4. The normalized spacial score (nSPS) is 17.7. The number of piperidine rings is 1. The molecule has 0 radical (unpaired) electrons. The number of rotatable bonds is 10. The summed E-state index contributed by atoms with van der Waals surface area (Å²) < 4.78 is 32.8. The Morgan fingerprint density at radius 3 is 2.67 bits per heavy atom. The molecular weight excluding hydrogens is 559 g/mol. The van der Waals surface area contributed by atoms with E-state index in [1.54, 1.807) is 18.2 Å². The highest BCUT2D eigenvalue weighted by atomic mass is 35.5. The molecule has 0 saturated carbocycles. The molecule has 2 aromatic heterocycles. The van der Waals surface area contributed by atoms with E-state index in [9.17, 15) is 9.18 Å². The fourth-order valence-electron chi connectivity index (χ4n) is 5.65. The zero-order valence-corrected chi connectivity index (χ0v) is 24.4. The molecule has 0 bridgehead atoms. The minimum absolute atomic E-state index is 0.0922. The van der Waals surface area contributed by atoms with Crippen LogP contribution in [0.5, 0.6) is 5.88 Å². The van der Waals surface area contributed by atoms with E-state index in [1.807, 2.05) is 24.3 Å². The lowest BCUT2D eigenvalue weighted by Gasteiger charge is -2.32. The zero-order valence-electron chi connectivity index (χ0n) is 23.6. The third-order valence-corrected chi connectivity index (χ3v) is 8.39. The van der Waals surface area contributed by atoms with E-state index in [4.69, 9.17) is 35.8 Å². The third kappa shape index (κ3) is 6.59. The van der Waals surface area contributed by atoms with Gasteiger partial charge in [0.05, 0.1) is 43.8 Å². The number of nitrogens with zero attached hydrogens (tertiary/aromatic N) is 4. The molecule has 0 N–H and O–H groups in total. The number of methoxy groups -OCH3 is 1. The van der Waals surface area contributed by atoms with Crippen molar-refractivity contribution in [2.45, 2.75) is 57.4 Å². The van der Waals surface area contributed by atoms with Crippen LogP contribution in [0.25, 0.3) is 11.0 Å². The first-order valence-electron chi connectivity index (χ1n) is 14.4. The van der Waals surface area contributed by atoms with Crippen LogP contribution in [0.4, 0.5) is 4.39 Å². The van der Waals surface area contributed by atoms with Crippen molar-refractivity contribution in [1.82, 2.24) is 19.4 Å². The molecule has 10 heteroatoms. The van der Waals surface area contributed by atoms with Crippen LogP contribution in [0.15, 0.2) is 54.6 Å². The summed E-state index contributed by atoms with van der Waals surface area (Å²) in [6, 6.07) is 16.4. The highest BCUT2D eigenvalue weighted by molar-refractivity contribution is 6.30. The molecule has 2 fully saturated rings. The standard InChI is InChI=1S/C32H34ClFN4O4/c1-40-32(39)16-21-5-8-29-28(15-21)35-30(38(29)18-25-11-14-41-25)19-37-12-9-22(10-13-37)27-3-2-4-31(36-27)42-20-23-6-7-24(33)17-26(23)34/h2-8,15,17,22,25H,9-14,16,18-20H2,1H3/t25-/m0/s1. The van der Waals surface area contributed by atoms with Gasteiger partial charge in [-0.2, -0.15) is 0 Å². The fraction of sp³-hybridized carbons (Fsp3) is 0.406. The molecule has 0 spiro atoms. The van der Waals surface area contributed by atoms with Crippen molar-refractivity contribution >= 4 is 28.6 Å². The van der Waals surface area contributed by atoms with Gasteiger partial charge in [-0.3, -0.25) is 9.69 Å². The van der Waals surface area contributed by atoms with Crippen molar-refractivity contribution in [2.24, 2.45) is 0 Å². The summed E-state index contributed by atoms with van der Waals surface area (Å²) in [5, 5.41) is 0.358. The SMILES string of the molecule is COC(=O)Cc1ccc2c(c1)nc(CN1CCC(c3cccc(OCc4ccc(Cl)cc4F)n3)CC1)n2C[C@@H]1CCO1. The maximum absolute atomic E-state index is 14.1. The molecule has 42 heavy (non-hydrogen) atoms. The van der Waals surface area contributed by atoms with Crippen LogP contribution in [0.2, 0.25) is 5.02 Å². The minimum atomic E-state index is -0.388. The Bertz CT molecular complexity index is 1570. The summed E-state index contributed by atoms with van der Waals surface area (Å²) in [5.41, 5.74) is 4.28. The first kappa shape index (κ1) is 28.6. The lowest BCUT2D eigenvalue weighted by Crippen LogP contribution is -2.35. The van der Waals surface area contributed by atoms with Gasteiger partial charge < -0.3 is 18.8 Å². The largest absolute Gasteiger partial charge is 0.473 e. The summed E-state index contributed by atoms with van der Waals surface area (Å²) in [5.74, 6) is 1.17. The number of imidazole rings is 1. The summed E-state index contributed by atoms with van der Waals surface area (Å²) >= 11 is 5.86. The van der Waals surface area contributed by atoms with E-state index < -0.39 is 0 Å². The topological polar surface area (TPSA) is 78.7 Å². The molecule has 0 aliphatic carbocycles. The van der Waals surface area contributed by atoms with Crippen molar-refractivity contribution in [3.63, 3.8) is 0 Å². The minimum Gasteiger partial charge on any atom is -0.473 e. The number of aromatic nitrogens is 3. The summed E-state index contributed by atoms with van der Waals surface area (Å²) in [7, 11) is 1.40. The van der Waals surface area contributed by atoms with Crippen LogP contribution in [-0.2, 0) is 40.4 Å². The molecule has 2 aliphatic heterocycles. The highest BCUT2D eigenvalue weighted by Crippen LogP contribution is 2.30. The zero-order chi connectivity index (χ0) is 29.1. The molecule has 0 amide bonds. The van der Waals surface area contributed by atoms with Crippen LogP contribution >= 0.6 is 11.6 Å². The summed E-state index contributed by atoms with van der Waals surface area (Å²) in [6.07, 6.45) is 3.43. The molecule has 1 atom stereocenters. The lowest BCUT2D eigenvalue weighted by atomic mass is 9.93. The van der Waals surface area contributed by atoms with Gasteiger partial charge in [0.25, 0.3) is 0 Å². The van der Waals surface area contributed by atoms with Gasteiger partial charge in [-0.05, 0) is 68.2 Å². The number of pyridine rings is 1. The summed E-state index contributed by atoms with van der Waals surface area (Å²) in [4.78, 5) is 24.0. The first-order chi connectivity index (χ1) is 20.4. The Labute approximate surface area is 249 Å². The Morgan fingerprint density at radius 1 is 1.10 bits per heavy atom. The molecule has 6 rings (SSSR count). The predicted octanol–water partition coefficient (Wildman–Crippen LogP) is 5.69. The van der Waals surface area contributed by atoms with Gasteiger partial charge in [-0.15, -0.1) is 0 Å². The van der Waals surface area contributed by atoms with Crippen molar-refractivity contribution in [1.29, 1.82) is 0 Å². The number of carbonyl (C=O) groups excluding carboxylic acids is 1. The first-order valence-corrected chi connectivity index (χ1v) is 14.8. The van der Waals surface area contributed by atoms with Crippen LogP contribution in [-0.4, -0.2) is 58.3 Å². The van der Waals surface area contributed by atoms with E-state index in [0.717, 1.165) is 80.2 Å². The second-order valence-electron chi connectivity index (χ2n) is 11.0. The molecule has 0 unspecified atom stereocenters. The fourth-order valence-corrected chi connectivity index (χ4v) is 5.81. The number of esters is 1. The smallest absolute Gasteiger partial charge is 0.309 e. The quantitative estimate of drug-likeness (QED) is 0.219. The van der Waals surface area contributed by atoms with E-state index in [2.05, 4.69) is 15.5 Å². The van der Waals surface area contributed by atoms with Crippen LogP contribution in [0.1, 0.15) is 47.8 Å². The van der Waals surface area contributed by atoms with E-state index >= 15 is 0 Å². The highest BCUT2D eigenvalue weighted by Gasteiger charge is 2.26. The number of likely N-dealkylation sites (tertiary alicyclic amines) is 1. The molecule has 2 saturated heterocycles. The second kappa shape index (κ2) is 12.8. The van der Waals surface area contributed by atoms with Crippen LogP contribution in [0.3, 0.4) is 0 Å².